The Bertz CT molecular complexity index is 115. The summed E-state index contributed by atoms with van der Waals surface area (Å²) in [7, 11) is 1.99. The van der Waals surface area contributed by atoms with E-state index in [2.05, 4.69) is 17.1 Å². The molecule has 1 heterocycles. The van der Waals surface area contributed by atoms with Crippen molar-refractivity contribution in [3.63, 3.8) is 0 Å². The molecule has 0 aromatic rings. The Morgan fingerprint density at radius 2 is 2.27 bits per heavy atom. The van der Waals surface area contributed by atoms with Gasteiger partial charge in [0.15, 0.2) is 0 Å². The summed E-state index contributed by atoms with van der Waals surface area (Å²) in [5.74, 6) is 0. The van der Waals surface area contributed by atoms with E-state index in [1.54, 1.807) is 0 Å². The Morgan fingerprint density at radius 3 is 2.64 bits per heavy atom. The first-order valence-electron chi connectivity index (χ1n) is 4.36. The summed E-state index contributed by atoms with van der Waals surface area (Å²) in [5.41, 5.74) is 0. The minimum absolute atomic E-state index is 0.243. The smallest absolute Gasteiger partial charge is 0.107 e. The third kappa shape index (κ3) is 2.15. The fourth-order valence-electron chi connectivity index (χ4n) is 1.27. The summed E-state index contributed by atoms with van der Waals surface area (Å²) in [6.07, 6.45) is 1.69. The highest BCUT2D eigenvalue weighted by Crippen LogP contribution is 2.08. The van der Waals surface area contributed by atoms with Gasteiger partial charge in [-0.05, 0) is 13.5 Å². The van der Waals surface area contributed by atoms with Crippen molar-refractivity contribution in [3.05, 3.63) is 0 Å². The molecule has 1 atom stereocenters. The van der Waals surface area contributed by atoms with Crippen molar-refractivity contribution in [1.82, 2.24) is 10.2 Å². The molecular weight excluding hydrogens is 140 g/mol. The largest absolute Gasteiger partial charge is 0.378 e. The zero-order valence-electron chi connectivity index (χ0n) is 7.38. The molecule has 0 spiro atoms. The summed E-state index contributed by atoms with van der Waals surface area (Å²) in [5, 5.41) is 12.7. The second-order valence-electron chi connectivity index (χ2n) is 3.25. The van der Waals surface area contributed by atoms with Crippen molar-refractivity contribution in [2.45, 2.75) is 32.0 Å². The number of likely N-dealkylation sites (N-methyl/N-ethyl adjacent to an activating group) is 1. The summed E-state index contributed by atoms with van der Waals surface area (Å²) in [6, 6.07) is 0.552. The van der Waals surface area contributed by atoms with E-state index >= 15 is 0 Å². The molecular formula is C8H18N2O. The van der Waals surface area contributed by atoms with Crippen LogP contribution in [-0.2, 0) is 0 Å². The molecule has 3 heteroatoms. The van der Waals surface area contributed by atoms with Crippen LogP contribution in [0.1, 0.15) is 19.8 Å². The number of hydrogen-bond donors (Lipinski definition) is 2. The van der Waals surface area contributed by atoms with Crippen molar-refractivity contribution in [3.8, 4) is 0 Å². The first kappa shape index (κ1) is 8.97. The van der Waals surface area contributed by atoms with E-state index in [0.717, 1.165) is 25.9 Å². The van der Waals surface area contributed by atoms with Gasteiger partial charge in [-0.1, -0.05) is 13.3 Å². The van der Waals surface area contributed by atoms with Crippen molar-refractivity contribution in [2.24, 2.45) is 0 Å². The number of hydrogen-bond acceptors (Lipinski definition) is 3. The number of aliphatic hydroxyl groups excluding tert-OH is 1. The SMILES string of the molecule is CCCC(O)N(C)C1CNC1. The zero-order valence-corrected chi connectivity index (χ0v) is 7.38. The topological polar surface area (TPSA) is 35.5 Å². The maximum absolute atomic E-state index is 9.55. The van der Waals surface area contributed by atoms with E-state index in [0.29, 0.717) is 6.04 Å². The number of nitrogens with one attached hydrogen (secondary N) is 1. The number of nitrogens with zero attached hydrogens (tertiary/aromatic N) is 1. The van der Waals surface area contributed by atoms with Crippen LogP contribution < -0.4 is 5.32 Å². The van der Waals surface area contributed by atoms with Crippen LogP contribution in [0.15, 0.2) is 0 Å². The lowest BCUT2D eigenvalue weighted by Gasteiger charge is -2.38. The van der Waals surface area contributed by atoms with Gasteiger partial charge in [-0.3, -0.25) is 4.90 Å². The van der Waals surface area contributed by atoms with Crippen LogP contribution in [0.2, 0.25) is 0 Å². The lowest BCUT2D eigenvalue weighted by atomic mass is 10.1. The first-order chi connectivity index (χ1) is 5.25. The highest BCUT2D eigenvalue weighted by atomic mass is 16.3. The molecule has 0 radical (unpaired) electrons. The molecule has 1 unspecified atom stereocenters. The third-order valence-corrected chi connectivity index (χ3v) is 2.35. The molecule has 1 rings (SSSR count). The van der Waals surface area contributed by atoms with Gasteiger partial charge in [0, 0.05) is 19.1 Å². The average molecular weight is 158 g/mol. The van der Waals surface area contributed by atoms with Crippen LogP contribution in [0, 0.1) is 0 Å². The first-order valence-corrected chi connectivity index (χ1v) is 4.36. The number of rotatable bonds is 4. The predicted molar refractivity (Wildman–Crippen MR) is 45.3 cm³/mol. The van der Waals surface area contributed by atoms with Crippen LogP contribution >= 0.6 is 0 Å². The van der Waals surface area contributed by atoms with E-state index in [9.17, 15) is 5.11 Å². The van der Waals surface area contributed by atoms with E-state index in [4.69, 9.17) is 0 Å². The molecule has 0 bridgehead atoms. The van der Waals surface area contributed by atoms with Gasteiger partial charge in [0.25, 0.3) is 0 Å². The minimum atomic E-state index is -0.243. The summed E-state index contributed by atoms with van der Waals surface area (Å²) in [6.45, 7) is 4.14. The highest BCUT2D eigenvalue weighted by molar-refractivity contribution is 4.83. The molecule has 1 saturated heterocycles. The Morgan fingerprint density at radius 1 is 1.64 bits per heavy atom. The van der Waals surface area contributed by atoms with Gasteiger partial charge < -0.3 is 10.4 Å². The quantitative estimate of drug-likeness (QED) is 0.566. The molecule has 11 heavy (non-hydrogen) atoms. The highest BCUT2D eigenvalue weighted by Gasteiger charge is 2.25. The second-order valence-corrected chi connectivity index (χ2v) is 3.25. The maximum atomic E-state index is 9.55. The van der Waals surface area contributed by atoms with E-state index in [-0.39, 0.29) is 6.23 Å². The summed E-state index contributed by atoms with van der Waals surface area (Å²) >= 11 is 0. The van der Waals surface area contributed by atoms with Crippen LogP contribution in [0.3, 0.4) is 0 Å². The molecule has 0 saturated carbocycles. The minimum Gasteiger partial charge on any atom is -0.378 e. The fourth-order valence-corrected chi connectivity index (χ4v) is 1.27. The summed E-state index contributed by atoms with van der Waals surface area (Å²) in [4.78, 5) is 2.06. The summed E-state index contributed by atoms with van der Waals surface area (Å²) < 4.78 is 0. The van der Waals surface area contributed by atoms with Crippen LogP contribution in [0.25, 0.3) is 0 Å². The molecule has 1 fully saturated rings. The standard InChI is InChI=1S/C8H18N2O/c1-3-4-8(11)10(2)7-5-9-6-7/h7-9,11H,3-6H2,1-2H3. The third-order valence-electron chi connectivity index (χ3n) is 2.35. The van der Waals surface area contributed by atoms with Crippen LogP contribution in [0.4, 0.5) is 0 Å². The lowest BCUT2D eigenvalue weighted by Crippen LogP contribution is -2.58. The molecule has 2 N–H and O–H groups in total. The molecule has 1 aliphatic heterocycles. The van der Waals surface area contributed by atoms with E-state index in [1.807, 2.05) is 7.05 Å². The van der Waals surface area contributed by atoms with E-state index < -0.39 is 0 Å². The average Bonchev–Trinajstić information content (AvgIpc) is 1.84. The maximum Gasteiger partial charge on any atom is 0.107 e. The van der Waals surface area contributed by atoms with Crippen molar-refractivity contribution >= 4 is 0 Å². The Hall–Kier alpha value is -0.120. The normalized spacial score (nSPS) is 21.8. The Balaban J connectivity index is 2.21. The zero-order chi connectivity index (χ0) is 8.27. The van der Waals surface area contributed by atoms with Crippen LogP contribution in [0.5, 0.6) is 0 Å². The molecule has 0 aromatic heterocycles. The van der Waals surface area contributed by atoms with Crippen molar-refractivity contribution in [1.29, 1.82) is 0 Å². The van der Waals surface area contributed by atoms with Crippen molar-refractivity contribution in [2.75, 3.05) is 20.1 Å². The number of aliphatic hydroxyl groups is 1. The Labute approximate surface area is 68.4 Å². The molecule has 3 nitrogen and oxygen atoms in total. The van der Waals surface area contributed by atoms with Crippen LogP contribution in [-0.4, -0.2) is 42.4 Å². The lowest BCUT2D eigenvalue weighted by molar-refractivity contribution is -0.0251. The molecule has 0 aliphatic carbocycles. The monoisotopic (exact) mass is 158 g/mol. The van der Waals surface area contributed by atoms with E-state index in [1.165, 1.54) is 0 Å². The van der Waals surface area contributed by atoms with Gasteiger partial charge >= 0.3 is 0 Å². The van der Waals surface area contributed by atoms with Gasteiger partial charge in [0.2, 0.25) is 0 Å². The molecule has 0 aromatic carbocycles. The fraction of sp³-hybridized carbons (Fsp3) is 1.00. The Kier molecular flexibility index (Phi) is 3.30. The van der Waals surface area contributed by atoms with Crippen molar-refractivity contribution < 1.29 is 5.11 Å². The van der Waals surface area contributed by atoms with Gasteiger partial charge in [-0.15, -0.1) is 0 Å². The molecule has 1 aliphatic rings. The predicted octanol–water partition coefficient (Wildman–Crippen LogP) is 0.00850. The second kappa shape index (κ2) is 4.04. The molecule has 66 valence electrons. The van der Waals surface area contributed by atoms with Gasteiger partial charge in [0.1, 0.15) is 6.23 Å². The van der Waals surface area contributed by atoms with Gasteiger partial charge in [-0.25, -0.2) is 0 Å². The van der Waals surface area contributed by atoms with Gasteiger partial charge in [0.05, 0.1) is 0 Å². The molecule has 0 amide bonds. The van der Waals surface area contributed by atoms with Gasteiger partial charge in [-0.2, -0.15) is 0 Å².